The zero-order valence-electron chi connectivity index (χ0n) is 17.2. The highest BCUT2D eigenvalue weighted by Gasteiger charge is 2.11. The number of pyridine rings is 1. The van der Waals surface area contributed by atoms with Crippen LogP contribution in [0.2, 0.25) is 0 Å². The topological polar surface area (TPSA) is 46.8 Å². The highest BCUT2D eigenvalue weighted by molar-refractivity contribution is 5.40. The number of hydrogen-bond acceptors (Lipinski definition) is 4. The van der Waals surface area contributed by atoms with Crippen molar-refractivity contribution in [3.8, 4) is 0 Å². The molecule has 0 aliphatic heterocycles. The van der Waals surface area contributed by atoms with E-state index < -0.39 is 0 Å². The lowest BCUT2D eigenvalue weighted by Crippen LogP contribution is -2.28. The van der Waals surface area contributed by atoms with E-state index in [1.54, 1.807) is 17.6 Å². The maximum Gasteiger partial charge on any atom is 0.258 e. The maximum absolute atomic E-state index is 12.5. The second-order valence-corrected chi connectivity index (χ2v) is 7.62. The molecule has 0 bridgehead atoms. The second kappa shape index (κ2) is 9.13. The van der Waals surface area contributed by atoms with E-state index in [0.29, 0.717) is 24.7 Å². The quantitative estimate of drug-likeness (QED) is 0.598. The highest BCUT2D eigenvalue weighted by Crippen LogP contribution is 2.16. The first-order chi connectivity index (χ1) is 13.5. The normalized spacial score (nSPS) is 11.6. The lowest BCUT2D eigenvalue weighted by atomic mass is 10.0. The first-order valence-electron chi connectivity index (χ1n) is 9.75. The molecule has 3 rings (SSSR count). The van der Waals surface area contributed by atoms with Crippen LogP contribution < -0.4 is 5.56 Å². The van der Waals surface area contributed by atoms with Crippen LogP contribution in [0.4, 0.5) is 0 Å². The van der Waals surface area contributed by atoms with Crippen molar-refractivity contribution >= 4 is 5.65 Å². The Morgan fingerprint density at radius 2 is 1.86 bits per heavy atom. The average molecular weight is 380 g/mol. The Balaban J connectivity index is 1.81. The minimum Gasteiger partial charge on any atom is -0.383 e. The summed E-state index contributed by atoms with van der Waals surface area (Å²) in [5, 5.41) is 0. The molecule has 5 nitrogen and oxygen atoms in total. The van der Waals surface area contributed by atoms with Gasteiger partial charge in [-0.15, -0.1) is 0 Å². The summed E-state index contributed by atoms with van der Waals surface area (Å²) in [7, 11) is 1.71. The zero-order chi connectivity index (χ0) is 20.1. The van der Waals surface area contributed by atoms with Gasteiger partial charge in [-0.1, -0.05) is 44.2 Å². The molecule has 2 aromatic heterocycles. The van der Waals surface area contributed by atoms with Gasteiger partial charge in [-0.2, -0.15) is 0 Å². The van der Waals surface area contributed by atoms with Crippen molar-refractivity contribution in [2.24, 2.45) is 0 Å². The summed E-state index contributed by atoms with van der Waals surface area (Å²) in [5.41, 5.74) is 5.04. The Labute approximate surface area is 166 Å². The van der Waals surface area contributed by atoms with Crippen LogP contribution in [0.25, 0.3) is 5.65 Å². The van der Waals surface area contributed by atoms with Gasteiger partial charge in [0.1, 0.15) is 5.65 Å². The van der Waals surface area contributed by atoms with E-state index in [0.717, 1.165) is 24.3 Å². The molecular formula is C23H29N3O2. The molecule has 0 saturated heterocycles. The predicted octanol–water partition coefficient (Wildman–Crippen LogP) is 3.77. The third kappa shape index (κ3) is 5.06. The van der Waals surface area contributed by atoms with E-state index in [2.05, 4.69) is 48.0 Å². The smallest absolute Gasteiger partial charge is 0.258 e. The Bertz CT molecular complexity index is 977. The third-order valence-corrected chi connectivity index (χ3v) is 4.91. The van der Waals surface area contributed by atoms with Gasteiger partial charge in [0.25, 0.3) is 5.56 Å². The Hall–Kier alpha value is -2.50. The molecular weight excluding hydrogens is 350 g/mol. The SMILES string of the molecule is COCCN(Cc1ccc(C(C)C)cc1)Cc1cc(=O)n2cc(C)ccc2n1. The highest BCUT2D eigenvalue weighted by atomic mass is 16.5. The maximum atomic E-state index is 12.5. The van der Waals surface area contributed by atoms with Gasteiger partial charge in [0, 0.05) is 39.0 Å². The molecule has 3 aromatic rings. The number of aromatic nitrogens is 2. The molecule has 148 valence electrons. The van der Waals surface area contributed by atoms with E-state index in [1.807, 2.05) is 25.3 Å². The molecule has 0 aliphatic carbocycles. The van der Waals surface area contributed by atoms with Gasteiger partial charge in [-0.05, 0) is 35.6 Å². The predicted molar refractivity (Wildman–Crippen MR) is 113 cm³/mol. The van der Waals surface area contributed by atoms with Gasteiger partial charge in [0.15, 0.2) is 0 Å². The number of rotatable bonds is 8. The van der Waals surface area contributed by atoms with E-state index in [-0.39, 0.29) is 5.56 Å². The summed E-state index contributed by atoms with van der Waals surface area (Å²) >= 11 is 0. The van der Waals surface area contributed by atoms with Crippen molar-refractivity contribution in [1.29, 1.82) is 0 Å². The second-order valence-electron chi connectivity index (χ2n) is 7.62. The van der Waals surface area contributed by atoms with Crippen molar-refractivity contribution in [1.82, 2.24) is 14.3 Å². The van der Waals surface area contributed by atoms with E-state index in [9.17, 15) is 4.79 Å². The fourth-order valence-electron chi connectivity index (χ4n) is 3.27. The molecule has 0 unspecified atom stereocenters. The first-order valence-corrected chi connectivity index (χ1v) is 9.75. The fourth-order valence-corrected chi connectivity index (χ4v) is 3.27. The van der Waals surface area contributed by atoms with Crippen LogP contribution >= 0.6 is 0 Å². The molecule has 0 aliphatic rings. The van der Waals surface area contributed by atoms with Crippen LogP contribution in [0, 0.1) is 6.92 Å². The number of hydrogen-bond donors (Lipinski definition) is 0. The fraction of sp³-hybridized carbons (Fsp3) is 0.391. The Kier molecular flexibility index (Phi) is 6.60. The minimum absolute atomic E-state index is 0.0447. The van der Waals surface area contributed by atoms with Crippen LogP contribution in [-0.4, -0.2) is 34.5 Å². The average Bonchev–Trinajstić information content (AvgIpc) is 2.67. The van der Waals surface area contributed by atoms with Crippen LogP contribution in [0.15, 0.2) is 53.5 Å². The van der Waals surface area contributed by atoms with Crippen molar-refractivity contribution in [2.45, 2.75) is 39.8 Å². The summed E-state index contributed by atoms with van der Waals surface area (Å²) in [6.45, 7) is 9.17. The van der Waals surface area contributed by atoms with Gasteiger partial charge in [-0.3, -0.25) is 14.1 Å². The molecule has 0 radical (unpaired) electrons. The van der Waals surface area contributed by atoms with Crippen LogP contribution in [0.3, 0.4) is 0 Å². The molecule has 1 aromatic carbocycles. The van der Waals surface area contributed by atoms with Gasteiger partial charge < -0.3 is 4.74 Å². The van der Waals surface area contributed by atoms with Crippen LogP contribution in [-0.2, 0) is 17.8 Å². The number of benzene rings is 1. The minimum atomic E-state index is -0.0447. The summed E-state index contributed by atoms with van der Waals surface area (Å²) in [6, 6.07) is 14.2. The van der Waals surface area contributed by atoms with Crippen molar-refractivity contribution in [2.75, 3.05) is 20.3 Å². The summed E-state index contributed by atoms with van der Waals surface area (Å²) in [5.74, 6) is 0.525. The molecule has 0 saturated carbocycles. The number of ether oxygens (including phenoxy) is 1. The number of methoxy groups -OCH3 is 1. The molecule has 28 heavy (non-hydrogen) atoms. The molecule has 0 amide bonds. The third-order valence-electron chi connectivity index (χ3n) is 4.91. The van der Waals surface area contributed by atoms with Gasteiger partial charge >= 0.3 is 0 Å². The lowest BCUT2D eigenvalue weighted by Gasteiger charge is -2.22. The lowest BCUT2D eigenvalue weighted by molar-refractivity contribution is 0.139. The summed E-state index contributed by atoms with van der Waals surface area (Å²) < 4.78 is 6.88. The van der Waals surface area contributed by atoms with Gasteiger partial charge in [-0.25, -0.2) is 4.98 Å². The summed E-state index contributed by atoms with van der Waals surface area (Å²) in [4.78, 5) is 19.4. The molecule has 2 heterocycles. The van der Waals surface area contributed by atoms with E-state index >= 15 is 0 Å². The zero-order valence-corrected chi connectivity index (χ0v) is 17.2. The van der Waals surface area contributed by atoms with Crippen molar-refractivity contribution in [3.63, 3.8) is 0 Å². The Morgan fingerprint density at radius 1 is 1.11 bits per heavy atom. The number of fused-ring (bicyclic) bond motifs is 1. The standard InChI is InChI=1S/C23H29N3O2/c1-17(2)20-8-6-19(7-9-20)15-25(11-12-28-4)16-21-13-23(27)26-14-18(3)5-10-22(26)24-21/h5-10,13-14,17H,11-12,15-16H2,1-4H3. The first kappa shape index (κ1) is 20.2. The molecule has 5 heteroatoms. The monoisotopic (exact) mass is 379 g/mol. The molecule has 0 atom stereocenters. The van der Waals surface area contributed by atoms with Crippen molar-refractivity contribution in [3.05, 3.63) is 81.4 Å². The van der Waals surface area contributed by atoms with Crippen LogP contribution in [0.5, 0.6) is 0 Å². The summed E-state index contributed by atoms with van der Waals surface area (Å²) in [6.07, 6.45) is 1.83. The Morgan fingerprint density at radius 3 is 2.54 bits per heavy atom. The number of nitrogens with zero attached hydrogens (tertiary/aromatic N) is 3. The molecule has 0 spiro atoms. The van der Waals surface area contributed by atoms with E-state index in [1.165, 1.54) is 11.1 Å². The number of aryl methyl sites for hydroxylation is 1. The van der Waals surface area contributed by atoms with Gasteiger partial charge in [0.05, 0.1) is 12.3 Å². The van der Waals surface area contributed by atoms with Crippen LogP contribution in [0.1, 0.15) is 42.1 Å². The van der Waals surface area contributed by atoms with Gasteiger partial charge in [0.2, 0.25) is 0 Å². The van der Waals surface area contributed by atoms with Crippen molar-refractivity contribution < 1.29 is 4.74 Å². The molecule has 0 N–H and O–H groups in total. The van der Waals surface area contributed by atoms with E-state index in [4.69, 9.17) is 4.74 Å². The molecule has 0 fully saturated rings. The largest absolute Gasteiger partial charge is 0.383 e.